The van der Waals surface area contributed by atoms with E-state index in [1.54, 1.807) is 37.3 Å². The summed E-state index contributed by atoms with van der Waals surface area (Å²) in [7, 11) is -4.84. The monoisotopic (exact) mass is 853 g/mol. The van der Waals surface area contributed by atoms with Gasteiger partial charge in [-0.3, -0.25) is 0 Å². The Hall–Kier alpha value is -4.77. The molecular formula is C34H36BF2N11O9P2. The van der Waals surface area contributed by atoms with Crippen molar-refractivity contribution >= 4 is 58.0 Å². The molecule has 25 heteroatoms. The average molecular weight is 853 g/mol. The Morgan fingerprint density at radius 3 is 2.29 bits per heavy atom. The van der Waals surface area contributed by atoms with E-state index in [4.69, 9.17) is 36.6 Å². The molecular weight excluding hydrogens is 817 g/mol. The van der Waals surface area contributed by atoms with E-state index in [1.807, 2.05) is 12.1 Å². The quantitative estimate of drug-likeness (QED) is 0.120. The summed E-state index contributed by atoms with van der Waals surface area (Å²) < 4.78 is 85.8. The van der Waals surface area contributed by atoms with Crippen LogP contribution < -0.4 is 5.32 Å². The molecule has 1 unspecified atom stereocenters. The molecule has 1 N–H and O–H groups in total. The van der Waals surface area contributed by atoms with Crippen LogP contribution in [0.4, 0.5) is 14.6 Å². The number of hydrogen-bond acceptors (Lipinski definition) is 17. The van der Waals surface area contributed by atoms with Gasteiger partial charge in [-0.05, 0) is 12.1 Å². The Kier molecular flexibility index (Phi) is 12.4. The maximum absolute atomic E-state index is 16.9. The van der Waals surface area contributed by atoms with Crippen LogP contribution in [0.5, 0.6) is 0 Å². The van der Waals surface area contributed by atoms with Crippen LogP contribution >= 0.6 is 16.4 Å². The number of carbonyl (C=O) groups is 1. The van der Waals surface area contributed by atoms with Crippen molar-refractivity contribution in [1.29, 1.82) is 10.5 Å². The van der Waals surface area contributed by atoms with E-state index in [0.717, 1.165) is 0 Å². The van der Waals surface area contributed by atoms with Crippen LogP contribution in [0.1, 0.15) is 41.3 Å². The number of ether oxygens (including phenoxy) is 2. The van der Waals surface area contributed by atoms with Crippen molar-refractivity contribution in [2.45, 2.75) is 69.0 Å². The van der Waals surface area contributed by atoms with Gasteiger partial charge in [-0.15, -0.1) is 0 Å². The molecule has 3 saturated heterocycles. The molecule has 0 radical (unpaired) electrons. The second-order valence-electron chi connectivity index (χ2n) is 13.5. The fourth-order valence-electron chi connectivity index (χ4n) is 6.80. The number of aromatic nitrogens is 8. The molecule has 0 aliphatic carbocycles. The molecule has 0 spiro atoms. The van der Waals surface area contributed by atoms with Gasteiger partial charge < -0.3 is 0 Å². The predicted octanol–water partition coefficient (Wildman–Crippen LogP) is 3.65. The number of imidazole rings is 2. The molecule has 0 saturated carbocycles. The summed E-state index contributed by atoms with van der Waals surface area (Å²) >= 11 is 0. The van der Waals surface area contributed by atoms with Crippen LogP contribution in [0.3, 0.4) is 0 Å². The first-order valence-electron chi connectivity index (χ1n) is 18.4. The van der Waals surface area contributed by atoms with Crippen molar-refractivity contribution in [1.82, 2.24) is 39.0 Å². The first kappa shape index (κ1) is 41.0. The molecule has 5 aromatic rings. The fraction of sp³-hybridized carbons (Fsp3) is 0.441. The summed E-state index contributed by atoms with van der Waals surface area (Å²) in [5.41, 5.74) is 2.05. The fourth-order valence-corrected chi connectivity index (χ4v) is 9.89. The number of carbonyl (C=O) groups excluding carboxylic acids is 1. The van der Waals surface area contributed by atoms with Crippen molar-refractivity contribution < 1.29 is 50.2 Å². The number of benzene rings is 1. The van der Waals surface area contributed by atoms with Gasteiger partial charge in [-0.2, -0.15) is 0 Å². The number of rotatable bonds is 10. The molecule has 9 atom stereocenters. The van der Waals surface area contributed by atoms with E-state index in [9.17, 15) is 15.3 Å². The van der Waals surface area contributed by atoms with Gasteiger partial charge in [0.2, 0.25) is 0 Å². The van der Waals surface area contributed by atoms with Crippen molar-refractivity contribution in [3.63, 3.8) is 0 Å². The zero-order valence-electron chi connectivity index (χ0n) is 31.4. The van der Waals surface area contributed by atoms with Gasteiger partial charge >= 0.3 is 307 Å². The Morgan fingerprint density at radius 2 is 1.56 bits per heavy atom. The number of aryl methyl sites for hydroxylation is 1. The van der Waals surface area contributed by atoms with Gasteiger partial charge in [-0.1, -0.05) is 18.2 Å². The van der Waals surface area contributed by atoms with Crippen LogP contribution in [0, 0.1) is 29.6 Å². The number of hydrogen-bond donors (Lipinski definition) is 1. The number of alkyl halides is 2. The predicted molar refractivity (Wildman–Crippen MR) is 205 cm³/mol. The number of nitrogens with one attached hydrogen (secondary N) is 1. The minimum absolute atomic E-state index is 0.0290. The second kappa shape index (κ2) is 17.8. The standard InChI is InChI=1S/C34H36BF2N11O9P2/c1-19-25-30(42-15-40-19)47(17-44-25)34-24(37)28-21(54-34)13-51-58(50-11-5-9-38)56-27-22(14-53-59(35,57-28)52-12-6-10-39)55-33(23(27)36)48-18-45-26-29(41-16-43-31(26)48)46-32(49)20-7-3-2-4-8-20/h2-4,7-8,15-18,21-24,27-28,33-34,59H,5-6,11-14,35H2,1H3,(H,41,43,46,49)/t21-,22-,23-,24-,27-,28-,33-,34-,58?/m1/s1. The Morgan fingerprint density at radius 1 is 0.915 bits per heavy atom. The summed E-state index contributed by atoms with van der Waals surface area (Å²) in [6, 6.07) is 12.5. The molecule has 308 valence electrons. The van der Waals surface area contributed by atoms with Gasteiger partial charge in [0.1, 0.15) is 0 Å². The minimum atomic E-state index is -3.94. The van der Waals surface area contributed by atoms with E-state index < -0.39 is 71.5 Å². The molecule has 1 aromatic carbocycles. The first-order valence-corrected chi connectivity index (χ1v) is 21.7. The van der Waals surface area contributed by atoms with Crippen LogP contribution in [0.25, 0.3) is 22.3 Å². The van der Waals surface area contributed by atoms with Crippen LogP contribution in [-0.2, 0) is 36.6 Å². The summed E-state index contributed by atoms with van der Waals surface area (Å²) in [5, 5.41) is 21.2. The molecule has 3 fully saturated rings. The van der Waals surface area contributed by atoms with Gasteiger partial charge in [-0.25, -0.2) is 0 Å². The topological polar surface area (TPSA) is 238 Å². The molecule has 4 aromatic heterocycles. The Labute approximate surface area is 337 Å². The van der Waals surface area contributed by atoms with E-state index in [0.29, 0.717) is 22.4 Å². The second-order valence-corrected chi connectivity index (χ2v) is 17.2. The van der Waals surface area contributed by atoms with E-state index >= 15 is 8.78 Å². The van der Waals surface area contributed by atoms with E-state index in [-0.39, 0.29) is 56.3 Å². The third-order valence-electron chi connectivity index (χ3n) is 9.65. The molecule has 59 heavy (non-hydrogen) atoms. The summed E-state index contributed by atoms with van der Waals surface area (Å²) in [6.45, 7) is 0.741. The summed E-state index contributed by atoms with van der Waals surface area (Å²) in [4.78, 5) is 38.6. The van der Waals surface area contributed by atoms with E-state index in [1.165, 1.54) is 42.0 Å². The van der Waals surface area contributed by atoms with Crippen molar-refractivity contribution in [3.05, 3.63) is 66.9 Å². The molecule has 1 amide bonds. The van der Waals surface area contributed by atoms with Gasteiger partial charge in [0.05, 0.1) is 0 Å². The molecule has 3 aliphatic rings. The number of nitriles is 2. The number of fused-ring (bicyclic) bond motifs is 4. The Bertz CT molecular complexity index is 2380. The van der Waals surface area contributed by atoms with Gasteiger partial charge in [0.25, 0.3) is 0 Å². The maximum atomic E-state index is 16.9. The summed E-state index contributed by atoms with van der Waals surface area (Å²) in [5.74, 6) is -0.354. The molecule has 20 nitrogen and oxygen atoms in total. The molecule has 7 heterocycles. The number of nitrogens with zero attached hydrogens (tertiary/aromatic N) is 10. The van der Waals surface area contributed by atoms with Crippen molar-refractivity contribution in [2.24, 2.45) is 0 Å². The van der Waals surface area contributed by atoms with Gasteiger partial charge in [0.15, 0.2) is 0 Å². The van der Waals surface area contributed by atoms with E-state index in [2.05, 4.69) is 35.2 Å². The number of halogens is 2. The molecule has 3 aliphatic heterocycles. The SMILES string of the molecule is B[PH]1(OCCC#N)OC[C@H]2O[C@@H](n3cnc4c(NC(=O)c5ccccc5)ncnc43)[C@H](F)[C@@H]2OP(OCCC#N)OC[C@H]2O[C@@H](n3cnc4c(C)ncnc43)[C@H](F)[C@@H]2O1. The zero-order valence-corrected chi connectivity index (χ0v) is 33.3. The third kappa shape index (κ3) is 8.50. The van der Waals surface area contributed by atoms with Crippen molar-refractivity contribution in [2.75, 3.05) is 31.7 Å². The first-order chi connectivity index (χ1) is 28.7. The molecule has 0 bridgehead atoms. The normalized spacial score (nSPS) is 28.7. The number of anilines is 1. The van der Waals surface area contributed by atoms with Crippen LogP contribution in [0.2, 0.25) is 0 Å². The van der Waals surface area contributed by atoms with Crippen molar-refractivity contribution in [3.8, 4) is 12.1 Å². The zero-order chi connectivity index (χ0) is 41.1. The average Bonchev–Trinajstić information content (AvgIpc) is 4.01. The molecule has 8 rings (SSSR count). The Balaban J connectivity index is 1.09. The van der Waals surface area contributed by atoms with Crippen LogP contribution in [0.15, 0.2) is 55.6 Å². The number of amides is 1. The summed E-state index contributed by atoms with van der Waals surface area (Å²) in [6.07, 6.45) is -6.41. The van der Waals surface area contributed by atoms with Gasteiger partial charge in [0, 0.05) is 0 Å². The van der Waals surface area contributed by atoms with Crippen LogP contribution in [-0.4, -0.2) is 116 Å². The third-order valence-corrected chi connectivity index (χ3v) is 12.9.